The highest BCUT2D eigenvalue weighted by molar-refractivity contribution is 6.01. The molecule has 206 valence electrons. The maximum absolute atomic E-state index is 13.5. The molecule has 2 heterocycles. The molecule has 0 saturated carbocycles. The zero-order chi connectivity index (χ0) is 28.3. The predicted octanol–water partition coefficient (Wildman–Crippen LogP) is 6.69. The summed E-state index contributed by atoms with van der Waals surface area (Å²) in [5, 5.41) is 5.00. The van der Waals surface area contributed by atoms with E-state index in [0.717, 1.165) is 34.7 Å². The number of nitrogens with zero attached hydrogens (tertiary/aromatic N) is 2. The third kappa shape index (κ3) is 5.45. The van der Waals surface area contributed by atoms with Gasteiger partial charge in [0.2, 0.25) is 0 Å². The first-order valence-corrected chi connectivity index (χ1v) is 13.3. The number of hydrogen-bond donors (Lipinski definition) is 1. The van der Waals surface area contributed by atoms with Crippen LogP contribution < -0.4 is 5.32 Å². The summed E-state index contributed by atoms with van der Waals surface area (Å²) >= 11 is 0. The van der Waals surface area contributed by atoms with Crippen molar-refractivity contribution < 1.29 is 23.1 Å². The van der Waals surface area contributed by atoms with E-state index in [1.807, 2.05) is 66.7 Å². The van der Waals surface area contributed by atoms with Crippen LogP contribution in [0.25, 0.3) is 10.8 Å². The second-order valence-electron chi connectivity index (χ2n) is 10.2. The van der Waals surface area contributed by atoms with Crippen LogP contribution in [0.4, 0.5) is 14.5 Å². The number of alkyl halides is 2. The first kappa shape index (κ1) is 27.4. The maximum Gasteiger partial charge on any atom is 0.280 e. The smallest absolute Gasteiger partial charge is 0.280 e. The molecule has 4 aromatic rings. The number of carbonyl (C=O) groups is 2. The number of aromatic nitrogens is 1. The average Bonchev–Trinajstić information content (AvgIpc) is 3.00. The molecule has 1 aromatic heterocycles. The molecule has 5 rings (SSSR count). The van der Waals surface area contributed by atoms with Gasteiger partial charge in [0.15, 0.2) is 5.60 Å². The lowest BCUT2D eigenvalue weighted by molar-refractivity contribution is -0.136. The Morgan fingerprint density at radius 1 is 1.00 bits per heavy atom. The van der Waals surface area contributed by atoms with Crippen LogP contribution in [0.3, 0.4) is 0 Å². The highest BCUT2D eigenvalue weighted by atomic mass is 19.3. The van der Waals surface area contributed by atoms with Crippen molar-refractivity contribution >= 4 is 28.3 Å². The van der Waals surface area contributed by atoms with Gasteiger partial charge in [-0.2, -0.15) is 0 Å². The summed E-state index contributed by atoms with van der Waals surface area (Å²) in [5.74, 6) is -0.270. The Hall–Kier alpha value is -4.17. The van der Waals surface area contributed by atoms with Gasteiger partial charge in [-0.1, -0.05) is 54.6 Å². The van der Waals surface area contributed by atoms with E-state index in [2.05, 4.69) is 10.3 Å². The predicted molar refractivity (Wildman–Crippen MR) is 150 cm³/mol. The minimum absolute atomic E-state index is 0.232. The molecule has 1 fully saturated rings. The number of carbonyl (C=O) groups excluding carboxylic acids is 2. The fourth-order valence-electron chi connectivity index (χ4n) is 5.35. The van der Waals surface area contributed by atoms with Crippen LogP contribution in [-0.4, -0.2) is 41.9 Å². The Bertz CT molecular complexity index is 1510. The van der Waals surface area contributed by atoms with E-state index in [1.165, 1.54) is 25.4 Å². The van der Waals surface area contributed by atoms with Gasteiger partial charge < -0.3 is 15.0 Å². The van der Waals surface area contributed by atoms with E-state index in [1.54, 1.807) is 11.8 Å². The van der Waals surface area contributed by atoms with Gasteiger partial charge in [0.25, 0.3) is 18.2 Å². The van der Waals surface area contributed by atoms with Crippen molar-refractivity contribution in [1.82, 2.24) is 9.88 Å². The topological polar surface area (TPSA) is 71.5 Å². The number of nitrogens with one attached hydrogen (secondary N) is 1. The fourth-order valence-corrected chi connectivity index (χ4v) is 5.35. The van der Waals surface area contributed by atoms with E-state index in [-0.39, 0.29) is 23.3 Å². The standard InChI is InChI=1S/C32H31F2N3O3/c1-32(40-2,27-9-5-7-23-6-3-4-8-26(23)27)31(39)36-25-12-10-21(11-13-25)22-15-18-37(19-16-22)30(38)24-14-17-35-28(20-24)29(33)34/h3-14,17,20,22,29H,15-16,18-19H2,1-2H3,(H,36,39)/t32-/m0/s1. The third-order valence-corrected chi connectivity index (χ3v) is 7.82. The number of methoxy groups -OCH3 is 1. The molecule has 1 N–H and O–H groups in total. The summed E-state index contributed by atoms with van der Waals surface area (Å²) in [6.45, 7) is 2.84. The first-order chi connectivity index (χ1) is 19.3. The monoisotopic (exact) mass is 543 g/mol. The quantitative estimate of drug-likeness (QED) is 0.282. The zero-order valence-corrected chi connectivity index (χ0v) is 22.4. The number of ether oxygens (including phenoxy) is 1. The Kier molecular flexibility index (Phi) is 7.89. The van der Waals surface area contributed by atoms with Crippen LogP contribution in [0.2, 0.25) is 0 Å². The first-order valence-electron chi connectivity index (χ1n) is 13.3. The highest BCUT2D eigenvalue weighted by Crippen LogP contribution is 2.34. The van der Waals surface area contributed by atoms with Crippen molar-refractivity contribution in [3.63, 3.8) is 0 Å². The van der Waals surface area contributed by atoms with Crippen molar-refractivity contribution in [2.75, 3.05) is 25.5 Å². The van der Waals surface area contributed by atoms with E-state index in [0.29, 0.717) is 18.8 Å². The Balaban J connectivity index is 1.23. The fraction of sp³-hybridized carbons (Fsp3) is 0.281. The molecule has 1 aliphatic heterocycles. The van der Waals surface area contributed by atoms with E-state index in [9.17, 15) is 18.4 Å². The molecule has 1 atom stereocenters. The lowest BCUT2D eigenvalue weighted by Gasteiger charge is -2.32. The number of likely N-dealkylation sites (tertiary alicyclic amines) is 1. The summed E-state index contributed by atoms with van der Waals surface area (Å²) in [6.07, 6.45) is 0.0480. The summed E-state index contributed by atoms with van der Waals surface area (Å²) in [4.78, 5) is 31.6. The van der Waals surface area contributed by atoms with Crippen LogP contribution >= 0.6 is 0 Å². The summed E-state index contributed by atoms with van der Waals surface area (Å²) in [6, 6.07) is 24.2. The molecule has 0 bridgehead atoms. The molecule has 0 spiro atoms. The normalized spacial score (nSPS) is 15.7. The Morgan fingerprint density at radius 3 is 2.40 bits per heavy atom. The molecule has 3 aromatic carbocycles. The van der Waals surface area contributed by atoms with Gasteiger partial charge in [-0.25, -0.2) is 8.78 Å². The number of rotatable bonds is 7. The molecule has 0 radical (unpaired) electrons. The number of anilines is 1. The van der Waals surface area contributed by atoms with Crippen molar-refractivity contribution in [3.8, 4) is 0 Å². The largest absolute Gasteiger partial charge is 0.364 e. The van der Waals surface area contributed by atoms with Gasteiger partial charge in [0, 0.05) is 43.2 Å². The number of piperidine rings is 1. The van der Waals surface area contributed by atoms with Gasteiger partial charge in [-0.15, -0.1) is 0 Å². The number of fused-ring (bicyclic) bond motifs is 1. The second-order valence-corrected chi connectivity index (χ2v) is 10.2. The Labute approximate surface area is 232 Å². The summed E-state index contributed by atoms with van der Waals surface area (Å²) < 4.78 is 31.7. The molecule has 1 saturated heterocycles. The van der Waals surface area contributed by atoms with Crippen LogP contribution in [-0.2, 0) is 15.1 Å². The second kappa shape index (κ2) is 11.5. The van der Waals surface area contributed by atoms with E-state index in [4.69, 9.17) is 4.74 Å². The number of halogens is 2. The number of benzene rings is 3. The molecule has 40 heavy (non-hydrogen) atoms. The van der Waals surface area contributed by atoms with E-state index < -0.39 is 17.7 Å². The Morgan fingerprint density at radius 2 is 1.70 bits per heavy atom. The SMILES string of the molecule is CO[C@](C)(C(=O)Nc1ccc(C2CCN(C(=O)c3ccnc(C(F)F)c3)CC2)cc1)c1cccc2ccccc12. The minimum Gasteiger partial charge on any atom is -0.364 e. The zero-order valence-electron chi connectivity index (χ0n) is 22.4. The lowest BCUT2D eigenvalue weighted by Crippen LogP contribution is -2.39. The van der Waals surface area contributed by atoms with Crippen LogP contribution in [0.15, 0.2) is 85.1 Å². The molecule has 2 amide bonds. The van der Waals surface area contributed by atoms with Crippen molar-refractivity contribution in [3.05, 3.63) is 107 Å². The molecule has 1 aliphatic rings. The van der Waals surface area contributed by atoms with Gasteiger partial charge in [-0.05, 0) is 66.3 Å². The lowest BCUT2D eigenvalue weighted by atomic mass is 9.88. The van der Waals surface area contributed by atoms with Crippen molar-refractivity contribution in [2.45, 2.75) is 37.7 Å². The van der Waals surface area contributed by atoms with E-state index >= 15 is 0 Å². The summed E-state index contributed by atoms with van der Waals surface area (Å²) in [5.41, 5.74) is 1.23. The summed E-state index contributed by atoms with van der Waals surface area (Å²) in [7, 11) is 1.54. The third-order valence-electron chi connectivity index (χ3n) is 7.82. The van der Waals surface area contributed by atoms with Crippen LogP contribution in [0.1, 0.15) is 59.3 Å². The molecule has 0 aliphatic carbocycles. The minimum atomic E-state index is -2.72. The van der Waals surface area contributed by atoms with Gasteiger partial charge >= 0.3 is 0 Å². The van der Waals surface area contributed by atoms with Crippen molar-refractivity contribution in [2.24, 2.45) is 0 Å². The molecule has 8 heteroatoms. The number of hydrogen-bond acceptors (Lipinski definition) is 4. The highest BCUT2D eigenvalue weighted by Gasteiger charge is 2.36. The maximum atomic E-state index is 13.5. The van der Waals surface area contributed by atoms with Gasteiger partial charge in [0.1, 0.15) is 5.69 Å². The number of amides is 2. The number of pyridine rings is 1. The van der Waals surface area contributed by atoms with Crippen molar-refractivity contribution in [1.29, 1.82) is 0 Å². The van der Waals surface area contributed by atoms with Gasteiger partial charge in [0.05, 0.1) is 0 Å². The average molecular weight is 544 g/mol. The van der Waals surface area contributed by atoms with Gasteiger partial charge in [-0.3, -0.25) is 14.6 Å². The van der Waals surface area contributed by atoms with Crippen LogP contribution in [0.5, 0.6) is 0 Å². The van der Waals surface area contributed by atoms with Crippen LogP contribution in [0, 0.1) is 0 Å². The molecular weight excluding hydrogens is 512 g/mol. The molecular formula is C32H31F2N3O3. The molecule has 6 nitrogen and oxygen atoms in total. The molecule has 0 unspecified atom stereocenters.